The van der Waals surface area contributed by atoms with E-state index in [-0.39, 0.29) is 11.5 Å². The Morgan fingerprint density at radius 2 is 2.28 bits per heavy atom. The van der Waals surface area contributed by atoms with Crippen LogP contribution in [0.25, 0.3) is 0 Å². The van der Waals surface area contributed by atoms with Crippen molar-refractivity contribution in [3.8, 4) is 0 Å². The normalized spacial score (nSPS) is 19.6. The molecule has 1 aliphatic rings. The summed E-state index contributed by atoms with van der Waals surface area (Å²) in [6.07, 6.45) is 0. The quantitative estimate of drug-likeness (QED) is 0.850. The molecule has 1 atom stereocenters. The SMILES string of the molecule is CC1C(=O)NCCN1c1cc(Cl)ccc1C(=O)O. The summed E-state index contributed by atoms with van der Waals surface area (Å²) in [4.78, 5) is 24.6. The summed E-state index contributed by atoms with van der Waals surface area (Å²) >= 11 is 5.90. The molecule has 6 heteroatoms. The van der Waals surface area contributed by atoms with Gasteiger partial charge in [0.15, 0.2) is 0 Å². The van der Waals surface area contributed by atoms with Crippen molar-refractivity contribution in [3.05, 3.63) is 28.8 Å². The van der Waals surface area contributed by atoms with E-state index >= 15 is 0 Å². The molecule has 1 aromatic rings. The molecule has 2 N–H and O–H groups in total. The molecule has 1 heterocycles. The third-order valence-electron chi connectivity index (χ3n) is 3.00. The summed E-state index contributed by atoms with van der Waals surface area (Å²) in [5.74, 6) is -1.14. The van der Waals surface area contributed by atoms with Gasteiger partial charge in [-0.2, -0.15) is 0 Å². The van der Waals surface area contributed by atoms with Crippen LogP contribution >= 0.6 is 11.6 Å². The Balaban J connectivity index is 2.45. The van der Waals surface area contributed by atoms with Gasteiger partial charge in [-0.25, -0.2) is 4.79 Å². The van der Waals surface area contributed by atoms with E-state index in [0.29, 0.717) is 23.8 Å². The molecule has 0 bridgehead atoms. The summed E-state index contributed by atoms with van der Waals surface area (Å²) in [5.41, 5.74) is 0.637. The maximum absolute atomic E-state index is 11.6. The van der Waals surface area contributed by atoms with Crippen LogP contribution in [0.1, 0.15) is 17.3 Å². The van der Waals surface area contributed by atoms with Gasteiger partial charge in [0.2, 0.25) is 5.91 Å². The van der Waals surface area contributed by atoms with Crippen molar-refractivity contribution >= 4 is 29.2 Å². The number of hydrogen-bond acceptors (Lipinski definition) is 3. The number of benzene rings is 1. The van der Waals surface area contributed by atoms with Crippen LogP contribution in [-0.4, -0.2) is 36.1 Å². The van der Waals surface area contributed by atoms with Crippen LogP contribution in [-0.2, 0) is 4.79 Å². The number of nitrogens with one attached hydrogen (secondary N) is 1. The third-order valence-corrected chi connectivity index (χ3v) is 3.23. The molecule has 18 heavy (non-hydrogen) atoms. The van der Waals surface area contributed by atoms with E-state index < -0.39 is 12.0 Å². The summed E-state index contributed by atoms with van der Waals surface area (Å²) in [6, 6.07) is 4.16. The van der Waals surface area contributed by atoms with E-state index in [0.717, 1.165) is 0 Å². The van der Waals surface area contributed by atoms with Crippen molar-refractivity contribution in [2.75, 3.05) is 18.0 Å². The van der Waals surface area contributed by atoms with Crippen molar-refractivity contribution in [2.45, 2.75) is 13.0 Å². The number of nitrogens with zero attached hydrogens (tertiary/aromatic N) is 1. The zero-order chi connectivity index (χ0) is 13.3. The first-order valence-electron chi connectivity index (χ1n) is 5.58. The molecule has 5 nitrogen and oxygen atoms in total. The maximum Gasteiger partial charge on any atom is 0.337 e. The first-order valence-corrected chi connectivity index (χ1v) is 5.95. The average molecular weight is 269 g/mol. The molecule has 1 aliphatic heterocycles. The van der Waals surface area contributed by atoms with Gasteiger partial charge in [0.05, 0.1) is 11.3 Å². The monoisotopic (exact) mass is 268 g/mol. The Morgan fingerprint density at radius 1 is 1.56 bits per heavy atom. The van der Waals surface area contributed by atoms with E-state index in [1.165, 1.54) is 12.1 Å². The van der Waals surface area contributed by atoms with Crippen LogP contribution in [0.3, 0.4) is 0 Å². The lowest BCUT2D eigenvalue weighted by molar-refractivity contribution is -0.122. The minimum Gasteiger partial charge on any atom is -0.478 e. The zero-order valence-electron chi connectivity index (χ0n) is 9.81. The number of carbonyl (C=O) groups excluding carboxylic acids is 1. The van der Waals surface area contributed by atoms with Crippen LogP contribution in [0.5, 0.6) is 0 Å². The van der Waals surface area contributed by atoms with Crippen molar-refractivity contribution in [1.82, 2.24) is 5.32 Å². The molecule has 0 spiro atoms. The van der Waals surface area contributed by atoms with Crippen molar-refractivity contribution in [1.29, 1.82) is 0 Å². The van der Waals surface area contributed by atoms with Gasteiger partial charge in [0, 0.05) is 18.1 Å². The van der Waals surface area contributed by atoms with E-state index in [9.17, 15) is 9.59 Å². The highest BCUT2D eigenvalue weighted by Gasteiger charge is 2.28. The van der Waals surface area contributed by atoms with E-state index in [1.807, 2.05) is 0 Å². The number of piperazine rings is 1. The largest absolute Gasteiger partial charge is 0.478 e. The maximum atomic E-state index is 11.6. The van der Waals surface area contributed by atoms with Crippen molar-refractivity contribution < 1.29 is 14.7 Å². The number of halogens is 1. The van der Waals surface area contributed by atoms with E-state index in [4.69, 9.17) is 16.7 Å². The zero-order valence-corrected chi connectivity index (χ0v) is 10.6. The standard InChI is InChI=1S/C12H13ClN2O3/c1-7-11(16)14-4-5-15(7)10-6-8(13)2-3-9(10)12(17)18/h2-3,6-7H,4-5H2,1H3,(H,14,16)(H,17,18). The molecule has 1 fully saturated rings. The highest BCUT2D eigenvalue weighted by atomic mass is 35.5. The summed E-state index contributed by atoms with van der Waals surface area (Å²) in [5, 5.41) is 12.4. The molecule has 0 aliphatic carbocycles. The van der Waals surface area contributed by atoms with E-state index in [1.54, 1.807) is 17.9 Å². The molecule has 1 saturated heterocycles. The Bertz CT molecular complexity index is 504. The lowest BCUT2D eigenvalue weighted by atomic mass is 10.1. The predicted molar refractivity (Wildman–Crippen MR) is 68.2 cm³/mol. The highest BCUT2D eigenvalue weighted by molar-refractivity contribution is 6.31. The van der Waals surface area contributed by atoms with Gasteiger partial charge in [0.25, 0.3) is 0 Å². The van der Waals surface area contributed by atoms with Crippen LogP contribution < -0.4 is 10.2 Å². The number of aromatic carboxylic acids is 1. The molecule has 1 unspecified atom stereocenters. The summed E-state index contributed by atoms with van der Waals surface area (Å²) < 4.78 is 0. The number of anilines is 1. The van der Waals surface area contributed by atoms with Gasteiger partial charge in [-0.05, 0) is 25.1 Å². The van der Waals surface area contributed by atoms with Crippen LogP contribution in [0.2, 0.25) is 5.02 Å². The smallest absolute Gasteiger partial charge is 0.337 e. The van der Waals surface area contributed by atoms with Gasteiger partial charge in [-0.1, -0.05) is 11.6 Å². The first kappa shape index (κ1) is 12.7. The average Bonchev–Trinajstić information content (AvgIpc) is 2.32. The number of hydrogen-bond donors (Lipinski definition) is 2. The number of amides is 1. The second-order valence-electron chi connectivity index (χ2n) is 4.13. The fourth-order valence-corrected chi connectivity index (χ4v) is 2.20. The Kier molecular flexibility index (Phi) is 3.43. The number of rotatable bonds is 2. The Hall–Kier alpha value is -1.75. The fourth-order valence-electron chi connectivity index (χ4n) is 2.03. The Labute approximate surface area is 109 Å². The van der Waals surface area contributed by atoms with Crippen LogP contribution in [0.15, 0.2) is 18.2 Å². The molecule has 96 valence electrons. The van der Waals surface area contributed by atoms with Crippen molar-refractivity contribution in [3.63, 3.8) is 0 Å². The molecule has 2 rings (SSSR count). The molecule has 0 radical (unpaired) electrons. The summed E-state index contributed by atoms with van der Waals surface area (Å²) in [6.45, 7) is 2.79. The topological polar surface area (TPSA) is 69.6 Å². The lowest BCUT2D eigenvalue weighted by Crippen LogP contribution is -2.54. The van der Waals surface area contributed by atoms with Gasteiger partial charge >= 0.3 is 5.97 Å². The van der Waals surface area contributed by atoms with Gasteiger partial charge < -0.3 is 15.3 Å². The molecular formula is C12H13ClN2O3. The fraction of sp³-hybridized carbons (Fsp3) is 0.333. The minimum atomic E-state index is -1.03. The highest BCUT2D eigenvalue weighted by Crippen LogP contribution is 2.27. The van der Waals surface area contributed by atoms with Gasteiger partial charge in [-0.3, -0.25) is 4.79 Å². The lowest BCUT2D eigenvalue weighted by Gasteiger charge is -2.35. The van der Waals surface area contributed by atoms with Crippen LogP contribution in [0, 0.1) is 0 Å². The molecule has 0 saturated carbocycles. The molecular weight excluding hydrogens is 256 g/mol. The molecule has 0 aromatic heterocycles. The molecule has 1 amide bonds. The second-order valence-corrected chi connectivity index (χ2v) is 4.56. The number of carboxylic acid groups (broad SMARTS) is 1. The summed E-state index contributed by atoms with van der Waals surface area (Å²) in [7, 11) is 0. The number of carboxylic acids is 1. The Morgan fingerprint density at radius 3 is 2.94 bits per heavy atom. The third kappa shape index (κ3) is 2.26. The first-order chi connectivity index (χ1) is 8.50. The number of carbonyl (C=O) groups is 2. The minimum absolute atomic E-state index is 0.113. The van der Waals surface area contributed by atoms with E-state index in [2.05, 4.69) is 5.32 Å². The van der Waals surface area contributed by atoms with Crippen LogP contribution in [0.4, 0.5) is 5.69 Å². The van der Waals surface area contributed by atoms with Crippen molar-refractivity contribution in [2.24, 2.45) is 0 Å². The van der Waals surface area contributed by atoms with Gasteiger partial charge in [-0.15, -0.1) is 0 Å². The molecule has 1 aromatic carbocycles. The van der Waals surface area contributed by atoms with Gasteiger partial charge in [0.1, 0.15) is 6.04 Å². The predicted octanol–water partition coefficient (Wildman–Crippen LogP) is 1.36. The second kappa shape index (κ2) is 4.86.